The predicted molar refractivity (Wildman–Crippen MR) is 154 cm³/mol. The standard InChI is InChI=1S/C32H35FN4O4/c1-31(2,3)17-27(38)37-12-9-32(10-13-37)40-18-22-15-19(5-7-26(22)41-32)24-16-25(29(34)36-28(24)33)20-4-6-23-21(14-20)8-11-35-30(23)39/h4-7,14-16H,8-13,17-18H2,1-3H3,(H2,34,36)(H,35,39). The fraction of sp³-hybridized carbons (Fsp3) is 0.406. The summed E-state index contributed by atoms with van der Waals surface area (Å²) in [6.45, 7) is 8.27. The Hall–Kier alpha value is -3.98. The largest absolute Gasteiger partial charge is 0.462 e. The molecule has 0 radical (unpaired) electrons. The van der Waals surface area contributed by atoms with E-state index in [2.05, 4.69) is 31.1 Å². The van der Waals surface area contributed by atoms with Crippen molar-refractivity contribution in [2.45, 2.75) is 58.8 Å². The quantitative estimate of drug-likeness (QED) is 0.434. The maximum atomic E-state index is 15.1. The second-order valence-corrected chi connectivity index (χ2v) is 12.4. The predicted octanol–water partition coefficient (Wildman–Crippen LogP) is 5.09. The Labute approximate surface area is 239 Å². The molecule has 0 atom stereocenters. The molecule has 3 N–H and O–H groups in total. The highest BCUT2D eigenvalue weighted by molar-refractivity contribution is 5.97. The number of nitrogens with one attached hydrogen (secondary N) is 1. The summed E-state index contributed by atoms with van der Waals surface area (Å²) in [5.74, 6) is -0.574. The number of nitrogen functional groups attached to an aromatic ring is 1. The van der Waals surface area contributed by atoms with Crippen molar-refractivity contribution < 1.29 is 23.5 Å². The number of halogens is 1. The minimum Gasteiger partial charge on any atom is -0.462 e. The van der Waals surface area contributed by atoms with Crippen molar-refractivity contribution in [2.24, 2.45) is 5.41 Å². The van der Waals surface area contributed by atoms with Gasteiger partial charge in [0.15, 0.2) is 0 Å². The Bertz CT molecular complexity index is 1540. The van der Waals surface area contributed by atoms with Gasteiger partial charge in [0.1, 0.15) is 11.6 Å². The number of aromatic nitrogens is 1. The first-order chi connectivity index (χ1) is 19.5. The second-order valence-electron chi connectivity index (χ2n) is 12.4. The highest BCUT2D eigenvalue weighted by Gasteiger charge is 2.42. The van der Waals surface area contributed by atoms with Gasteiger partial charge >= 0.3 is 0 Å². The number of fused-ring (bicyclic) bond motifs is 2. The fourth-order valence-electron chi connectivity index (χ4n) is 5.84. The molecule has 1 aromatic heterocycles. The number of carbonyl (C=O) groups is 2. The van der Waals surface area contributed by atoms with E-state index in [1.807, 2.05) is 35.2 Å². The zero-order chi connectivity index (χ0) is 28.9. The van der Waals surface area contributed by atoms with Gasteiger partial charge in [0, 0.05) is 61.2 Å². The van der Waals surface area contributed by atoms with Crippen molar-refractivity contribution in [3.8, 4) is 28.0 Å². The summed E-state index contributed by atoms with van der Waals surface area (Å²) in [5, 5.41) is 2.84. The Morgan fingerprint density at radius 3 is 2.51 bits per heavy atom. The van der Waals surface area contributed by atoms with Gasteiger partial charge in [-0.05, 0) is 52.8 Å². The maximum Gasteiger partial charge on any atom is 0.251 e. The topological polar surface area (TPSA) is 107 Å². The van der Waals surface area contributed by atoms with Gasteiger partial charge in [-0.1, -0.05) is 39.0 Å². The van der Waals surface area contributed by atoms with Crippen LogP contribution in [0, 0.1) is 11.4 Å². The first-order valence-electron chi connectivity index (χ1n) is 14.1. The van der Waals surface area contributed by atoms with Crippen LogP contribution in [0.3, 0.4) is 0 Å². The van der Waals surface area contributed by atoms with Crippen LogP contribution in [-0.4, -0.2) is 47.1 Å². The molecule has 0 unspecified atom stereocenters. The molecule has 1 fully saturated rings. The lowest BCUT2D eigenvalue weighted by molar-refractivity contribution is -0.227. The number of nitrogens with zero attached hydrogens (tertiary/aromatic N) is 2. The van der Waals surface area contributed by atoms with Crippen molar-refractivity contribution in [3.05, 3.63) is 65.1 Å². The van der Waals surface area contributed by atoms with Crippen LogP contribution in [0.2, 0.25) is 0 Å². The summed E-state index contributed by atoms with van der Waals surface area (Å²) in [6, 6.07) is 12.8. The molecule has 6 rings (SSSR count). The van der Waals surface area contributed by atoms with Gasteiger partial charge in [-0.2, -0.15) is 4.39 Å². The number of anilines is 1. The Morgan fingerprint density at radius 1 is 1.05 bits per heavy atom. The number of pyridine rings is 1. The SMILES string of the molecule is CC(C)(C)CC(=O)N1CCC2(CC1)OCc1cc(-c3cc(-c4ccc5c(c4)CCNC5=O)c(N)nc3F)ccc1O2. The molecule has 8 nitrogen and oxygen atoms in total. The van der Waals surface area contributed by atoms with Crippen LogP contribution in [0.15, 0.2) is 42.5 Å². The molecule has 3 aromatic rings. The molecule has 2 amide bonds. The lowest BCUT2D eigenvalue weighted by Gasteiger charge is -2.44. The van der Waals surface area contributed by atoms with Crippen molar-refractivity contribution in [3.63, 3.8) is 0 Å². The molecular weight excluding hydrogens is 523 g/mol. The van der Waals surface area contributed by atoms with Crippen LogP contribution in [0.4, 0.5) is 10.2 Å². The zero-order valence-corrected chi connectivity index (χ0v) is 23.7. The molecule has 3 aliphatic heterocycles. The summed E-state index contributed by atoms with van der Waals surface area (Å²) in [6.07, 6.45) is 2.40. The number of piperidine rings is 1. The zero-order valence-electron chi connectivity index (χ0n) is 23.7. The first kappa shape index (κ1) is 27.2. The normalized spacial score (nSPS) is 17.9. The summed E-state index contributed by atoms with van der Waals surface area (Å²) >= 11 is 0. The molecule has 0 aliphatic carbocycles. The Balaban J connectivity index is 1.22. The van der Waals surface area contributed by atoms with Gasteiger partial charge in [0.05, 0.1) is 6.61 Å². The first-order valence-corrected chi connectivity index (χ1v) is 14.1. The number of rotatable bonds is 3. The van der Waals surface area contributed by atoms with Crippen molar-refractivity contribution in [1.29, 1.82) is 0 Å². The van der Waals surface area contributed by atoms with Crippen LogP contribution in [-0.2, 0) is 22.6 Å². The third-order valence-electron chi connectivity index (χ3n) is 8.06. The van der Waals surface area contributed by atoms with Crippen molar-refractivity contribution >= 4 is 17.6 Å². The number of carbonyl (C=O) groups excluding carboxylic acids is 2. The molecule has 0 saturated carbocycles. The summed E-state index contributed by atoms with van der Waals surface area (Å²) in [4.78, 5) is 30.7. The van der Waals surface area contributed by atoms with Gasteiger partial charge in [-0.15, -0.1) is 0 Å². The number of nitrogens with two attached hydrogens (primary N) is 1. The highest BCUT2D eigenvalue weighted by atomic mass is 19.1. The van der Waals surface area contributed by atoms with E-state index in [1.54, 1.807) is 12.1 Å². The summed E-state index contributed by atoms with van der Waals surface area (Å²) < 4.78 is 27.7. The average Bonchev–Trinajstić information content (AvgIpc) is 2.92. The minimum atomic E-state index is -0.766. The van der Waals surface area contributed by atoms with Crippen LogP contribution < -0.4 is 15.8 Å². The van der Waals surface area contributed by atoms with Crippen molar-refractivity contribution in [1.82, 2.24) is 15.2 Å². The lowest BCUT2D eigenvalue weighted by atomic mass is 9.91. The third kappa shape index (κ3) is 5.38. The van der Waals surface area contributed by atoms with Gasteiger partial charge in [0.2, 0.25) is 17.6 Å². The van der Waals surface area contributed by atoms with Gasteiger partial charge in [0.25, 0.3) is 5.91 Å². The minimum absolute atomic E-state index is 0.0559. The van der Waals surface area contributed by atoms with E-state index in [-0.39, 0.29) is 23.0 Å². The number of likely N-dealkylation sites (tertiary alicyclic amines) is 1. The number of amides is 2. The monoisotopic (exact) mass is 558 g/mol. The second kappa shape index (κ2) is 10.1. The Morgan fingerprint density at radius 2 is 1.76 bits per heavy atom. The van der Waals surface area contributed by atoms with Gasteiger partial charge < -0.3 is 25.4 Å². The molecule has 1 spiro atoms. The van der Waals surface area contributed by atoms with Crippen LogP contribution in [0.5, 0.6) is 5.75 Å². The van der Waals surface area contributed by atoms with Crippen LogP contribution in [0.1, 0.15) is 61.5 Å². The van der Waals surface area contributed by atoms with Crippen LogP contribution >= 0.6 is 0 Å². The molecule has 214 valence electrons. The number of ether oxygens (including phenoxy) is 2. The van der Waals surface area contributed by atoms with Gasteiger partial charge in [-0.25, -0.2) is 4.98 Å². The number of hydrogen-bond acceptors (Lipinski definition) is 6. The van der Waals surface area contributed by atoms with E-state index in [0.29, 0.717) is 79.9 Å². The van der Waals surface area contributed by atoms with E-state index in [1.165, 1.54) is 0 Å². The van der Waals surface area contributed by atoms with Crippen LogP contribution in [0.25, 0.3) is 22.3 Å². The molecule has 9 heteroatoms. The smallest absolute Gasteiger partial charge is 0.251 e. The molecule has 2 aromatic carbocycles. The molecule has 4 heterocycles. The summed E-state index contributed by atoms with van der Waals surface area (Å²) in [7, 11) is 0. The van der Waals surface area contributed by atoms with E-state index < -0.39 is 11.7 Å². The highest BCUT2D eigenvalue weighted by Crippen LogP contribution is 2.41. The van der Waals surface area contributed by atoms with Crippen molar-refractivity contribution in [2.75, 3.05) is 25.4 Å². The maximum absolute atomic E-state index is 15.1. The van der Waals surface area contributed by atoms with Gasteiger partial charge in [-0.3, -0.25) is 9.59 Å². The number of hydrogen-bond donors (Lipinski definition) is 2. The molecular formula is C32H35FN4O4. The van der Waals surface area contributed by atoms with E-state index in [9.17, 15) is 9.59 Å². The van der Waals surface area contributed by atoms with E-state index in [4.69, 9.17) is 15.2 Å². The Kier molecular flexibility index (Phi) is 6.72. The van der Waals surface area contributed by atoms with E-state index >= 15 is 4.39 Å². The summed E-state index contributed by atoms with van der Waals surface area (Å²) in [5.41, 5.74) is 10.8. The third-order valence-corrected chi connectivity index (χ3v) is 8.06. The molecule has 1 saturated heterocycles. The molecule has 0 bridgehead atoms. The molecule has 3 aliphatic rings. The molecule has 41 heavy (non-hydrogen) atoms. The number of benzene rings is 2. The lowest BCUT2D eigenvalue weighted by Crippen LogP contribution is -2.52. The average molecular weight is 559 g/mol. The fourth-order valence-corrected chi connectivity index (χ4v) is 5.84. The van der Waals surface area contributed by atoms with E-state index in [0.717, 1.165) is 16.7 Å².